The van der Waals surface area contributed by atoms with Gasteiger partial charge in [0.25, 0.3) is 5.91 Å². The zero-order chi connectivity index (χ0) is 21.8. The quantitative estimate of drug-likeness (QED) is 0.447. The third-order valence-electron chi connectivity index (χ3n) is 5.04. The lowest BCUT2D eigenvalue weighted by Gasteiger charge is -2.06. The predicted molar refractivity (Wildman–Crippen MR) is 125 cm³/mol. The van der Waals surface area contributed by atoms with Crippen molar-refractivity contribution >= 4 is 33.1 Å². The molecule has 0 aliphatic heterocycles. The number of fused-ring (bicyclic) bond motifs is 1. The summed E-state index contributed by atoms with van der Waals surface area (Å²) in [6.45, 7) is 0.517. The highest BCUT2D eigenvalue weighted by Gasteiger charge is 2.17. The summed E-state index contributed by atoms with van der Waals surface area (Å²) in [6, 6.07) is 19.3. The number of aromatic nitrogens is 1. The molecule has 0 aliphatic rings. The minimum atomic E-state index is -0.181. The van der Waals surface area contributed by atoms with Crippen LogP contribution >= 0.6 is 11.3 Å². The number of benzene rings is 2. The number of carbonyl (C=O) groups excluding carboxylic acids is 1. The first kappa shape index (κ1) is 20.7. The fourth-order valence-electron chi connectivity index (χ4n) is 3.28. The molecule has 6 nitrogen and oxygen atoms in total. The second-order valence-electron chi connectivity index (χ2n) is 6.98. The number of nitrogens with one attached hydrogen (secondary N) is 1. The van der Waals surface area contributed by atoms with Crippen LogP contribution in [0.1, 0.15) is 15.2 Å². The lowest BCUT2D eigenvalue weighted by atomic mass is 10.1. The maximum atomic E-state index is 12.7. The number of thiophene rings is 1. The van der Waals surface area contributed by atoms with E-state index in [4.69, 9.17) is 20.2 Å². The topological polar surface area (TPSA) is 86.5 Å². The zero-order valence-electron chi connectivity index (χ0n) is 17.3. The molecule has 2 heterocycles. The summed E-state index contributed by atoms with van der Waals surface area (Å²) >= 11 is 1.31. The molecule has 158 valence electrons. The zero-order valence-corrected chi connectivity index (χ0v) is 18.2. The van der Waals surface area contributed by atoms with Gasteiger partial charge < -0.3 is 20.5 Å². The molecule has 7 heteroatoms. The Labute approximate surface area is 184 Å². The predicted octanol–water partition coefficient (Wildman–Crippen LogP) is 4.54. The molecule has 0 unspecified atom stereocenters. The van der Waals surface area contributed by atoms with Gasteiger partial charge in [0.2, 0.25) is 0 Å². The van der Waals surface area contributed by atoms with Gasteiger partial charge in [0.15, 0.2) is 0 Å². The molecule has 4 aromatic rings. The minimum Gasteiger partial charge on any atom is -0.497 e. The number of anilines is 1. The molecule has 2 aromatic heterocycles. The Morgan fingerprint density at radius 1 is 0.968 bits per heavy atom. The number of rotatable bonds is 7. The Balaban J connectivity index is 1.47. The highest BCUT2D eigenvalue weighted by molar-refractivity contribution is 7.21. The molecule has 3 N–H and O–H groups in total. The molecule has 0 bridgehead atoms. The van der Waals surface area contributed by atoms with E-state index in [9.17, 15) is 4.79 Å². The van der Waals surface area contributed by atoms with Gasteiger partial charge in [0.05, 0.1) is 25.6 Å². The summed E-state index contributed by atoms with van der Waals surface area (Å²) in [6.07, 6.45) is 0.723. The summed E-state index contributed by atoms with van der Waals surface area (Å²) in [5.74, 6) is 1.42. The molecule has 0 saturated carbocycles. The van der Waals surface area contributed by atoms with Crippen LogP contribution in [0.5, 0.6) is 11.5 Å². The number of nitrogen functional groups attached to an aromatic ring is 1. The van der Waals surface area contributed by atoms with E-state index in [1.165, 1.54) is 11.3 Å². The molecule has 0 radical (unpaired) electrons. The Kier molecular flexibility index (Phi) is 6.04. The van der Waals surface area contributed by atoms with Gasteiger partial charge in [-0.3, -0.25) is 4.79 Å². The van der Waals surface area contributed by atoms with Crippen LogP contribution in [0.2, 0.25) is 0 Å². The van der Waals surface area contributed by atoms with Crippen LogP contribution in [0.4, 0.5) is 5.69 Å². The number of carbonyl (C=O) groups is 1. The number of amides is 1. The second kappa shape index (κ2) is 9.06. The maximum absolute atomic E-state index is 12.7. The van der Waals surface area contributed by atoms with Gasteiger partial charge in [0, 0.05) is 17.5 Å². The van der Waals surface area contributed by atoms with Crippen molar-refractivity contribution in [3.63, 3.8) is 0 Å². The van der Waals surface area contributed by atoms with Gasteiger partial charge >= 0.3 is 0 Å². The molecular weight excluding hydrogens is 410 g/mol. The van der Waals surface area contributed by atoms with Crippen molar-refractivity contribution in [3.05, 3.63) is 71.1 Å². The van der Waals surface area contributed by atoms with Gasteiger partial charge in [-0.25, -0.2) is 4.98 Å². The van der Waals surface area contributed by atoms with Crippen molar-refractivity contribution in [1.82, 2.24) is 10.3 Å². The lowest BCUT2D eigenvalue weighted by molar-refractivity contribution is 0.0959. The van der Waals surface area contributed by atoms with Crippen molar-refractivity contribution in [2.75, 3.05) is 26.5 Å². The smallest absolute Gasteiger partial charge is 0.263 e. The summed E-state index contributed by atoms with van der Waals surface area (Å²) < 4.78 is 10.4. The van der Waals surface area contributed by atoms with Gasteiger partial charge in [-0.05, 0) is 60.5 Å². The molecule has 31 heavy (non-hydrogen) atoms. The van der Waals surface area contributed by atoms with Crippen molar-refractivity contribution in [1.29, 1.82) is 0 Å². The van der Waals surface area contributed by atoms with E-state index >= 15 is 0 Å². The van der Waals surface area contributed by atoms with E-state index in [1.54, 1.807) is 14.2 Å². The summed E-state index contributed by atoms with van der Waals surface area (Å²) in [5, 5.41) is 3.75. The Hall–Kier alpha value is -3.58. The molecule has 2 aromatic carbocycles. The molecule has 0 aliphatic carbocycles. The number of methoxy groups -OCH3 is 2. The third kappa shape index (κ3) is 4.46. The number of ether oxygens (including phenoxy) is 2. The van der Waals surface area contributed by atoms with Crippen molar-refractivity contribution in [2.45, 2.75) is 6.42 Å². The van der Waals surface area contributed by atoms with Gasteiger partial charge in [0.1, 0.15) is 21.2 Å². The van der Waals surface area contributed by atoms with E-state index in [0.29, 0.717) is 17.1 Å². The summed E-state index contributed by atoms with van der Waals surface area (Å²) in [5.41, 5.74) is 9.64. The van der Waals surface area contributed by atoms with Crippen LogP contribution in [-0.4, -0.2) is 31.7 Å². The minimum absolute atomic E-state index is 0.181. The monoisotopic (exact) mass is 433 g/mol. The molecule has 0 fully saturated rings. The maximum Gasteiger partial charge on any atom is 0.263 e. The number of hydrogen-bond acceptors (Lipinski definition) is 6. The normalized spacial score (nSPS) is 10.8. The molecule has 4 rings (SSSR count). The first-order valence-electron chi connectivity index (χ1n) is 9.83. The highest BCUT2D eigenvalue weighted by Crippen LogP contribution is 2.34. The van der Waals surface area contributed by atoms with E-state index in [0.717, 1.165) is 45.0 Å². The van der Waals surface area contributed by atoms with Crippen LogP contribution in [0, 0.1) is 0 Å². The van der Waals surface area contributed by atoms with Crippen LogP contribution in [0.3, 0.4) is 0 Å². The fraction of sp³-hybridized carbons (Fsp3) is 0.167. The first-order valence-corrected chi connectivity index (χ1v) is 10.7. The average Bonchev–Trinajstić information content (AvgIpc) is 3.15. The van der Waals surface area contributed by atoms with E-state index < -0.39 is 0 Å². The summed E-state index contributed by atoms with van der Waals surface area (Å²) in [7, 11) is 3.27. The molecule has 0 saturated heterocycles. The number of nitrogens with two attached hydrogens (primary N) is 1. The van der Waals surface area contributed by atoms with Crippen LogP contribution in [0.25, 0.3) is 21.5 Å². The van der Waals surface area contributed by atoms with Gasteiger partial charge in [-0.15, -0.1) is 11.3 Å². The largest absolute Gasteiger partial charge is 0.497 e. The van der Waals surface area contributed by atoms with E-state index in [1.807, 2.05) is 60.7 Å². The van der Waals surface area contributed by atoms with Crippen molar-refractivity contribution < 1.29 is 14.3 Å². The van der Waals surface area contributed by atoms with E-state index in [2.05, 4.69) is 5.32 Å². The number of hydrogen-bond donors (Lipinski definition) is 2. The second-order valence-corrected chi connectivity index (χ2v) is 7.98. The Morgan fingerprint density at radius 3 is 2.26 bits per heavy atom. The SMILES string of the molecule is COc1ccc(CCNC(=O)c2sc3nc(-c4ccc(OC)cc4)ccc3c2N)cc1. The van der Waals surface area contributed by atoms with Crippen LogP contribution in [-0.2, 0) is 6.42 Å². The Morgan fingerprint density at radius 2 is 1.61 bits per heavy atom. The van der Waals surface area contributed by atoms with E-state index in [-0.39, 0.29) is 5.91 Å². The standard InChI is InChI=1S/C24H23N3O3S/c1-29-17-7-3-15(4-8-17)13-14-26-23(28)22-21(25)19-11-12-20(27-24(19)31-22)16-5-9-18(30-2)10-6-16/h3-12H,13-14,25H2,1-2H3,(H,26,28). The molecule has 0 atom stereocenters. The summed E-state index contributed by atoms with van der Waals surface area (Å²) in [4.78, 5) is 18.7. The fourth-order valence-corrected chi connectivity index (χ4v) is 4.29. The highest BCUT2D eigenvalue weighted by atomic mass is 32.1. The van der Waals surface area contributed by atoms with Crippen LogP contribution in [0.15, 0.2) is 60.7 Å². The van der Waals surface area contributed by atoms with Crippen molar-refractivity contribution in [3.8, 4) is 22.8 Å². The van der Waals surface area contributed by atoms with Gasteiger partial charge in [-0.2, -0.15) is 0 Å². The Bertz CT molecular complexity index is 1200. The molecule has 1 amide bonds. The van der Waals surface area contributed by atoms with Crippen molar-refractivity contribution in [2.24, 2.45) is 0 Å². The first-order chi connectivity index (χ1) is 15.1. The van der Waals surface area contributed by atoms with Crippen LogP contribution < -0.4 is 20.5 Å². The molecule has 0 spiro atoms. The lowest BCUT2D eigenvalue weighted by Crippen LogP contribution is -2.25. The third-order valence-corrected chi connectivity index (χ3v) is 6.16. The molecular formula is C24H23N3O3S. The number of pyridine rings is 1. The van der Waals surface area contributed by atoms with Gasteiger partial charge in [-0.1, -0.05) is 12.1 Å². The average molecular weight is 434 g/mol. The number of nitrogens with zero attached hydrogens (tertiary/aromatic N) is 1.